The zero-order valence-electron chi connectivity index (χ0n) is 26.4. The topological polar surface area (TPSA) is 111 Å². The Morgan fingerprint density at radius 3 is 2.27 bits per heavy atom. The Balaban J connectivity index is 1.13. The Kier molecular flexibility index (Phi) is 7.86. The van der Waals surface area contributed by atoms with Crippen molar-refractivity contribution in [3.63, 3.8) is 0 Å². The van der Waals surface area contributed by atoms with Gasteiger partial charge in [-0.3, -0.25) is 29.0 Å². The highest BCUT2D eigenvalue weighted by Crippen LogP contribution is 2.66. The molecule has 9 nitrogen and oxygen atoms in total. The van der Waals surface area contributed by atoms with Gasteiger partial charge in [0.2, 0.25) is 11.8 Å². The van der Waals surface area contributed by atoms with E-state index in [1.165, 1.54) is 22.6 Å². The highest BCUT2D eigenvalue weighted by atomic mass is 35.5. The summed E-state index contributed by atoms with van der Waals surface area (Å²) in [5.74, 6) is -5.46. The Hall–Kier alpha value is -3.83. The van der Waals surface area contributed by atoms with Gasteiger partial charge in [0.25, 0.3) is 11.8 Å². The lowest BCUT2D eigenvalue weighted by atomic mass is 9.57. The highest BCUT2D eigenvalue weighted by molar-refractivity contribution is 6.58. The second-order valence-electron chi connectivity index (χ2n) is 13.8. The van der Waals surface area contributed by atoms with E-state index >= 15 is 0 Å². The van der Waals surface area contributed by atoms with E-state index in [9.17, 15) is 28.7 Å². The number of hydrogen-bond donors (Lipinski definition) is 1. The summed E-state index contributed by atoms with van der Waals surface area (Å²) >= 11 is 14.7. The van der Waals surface area contributed by atoms with E-state index in [1.807, 2.05) is 24.3 Å². The molecule has 2 aromatic carbocycles. The van der Waals surface area contributed by atoms with Gasteiger partial charge in [0, 0.05) is 25.7 Å². The fraction of sp³-hybridized carbons (Fsp3) is 0.405. The highest BCUT2D eigenvalue weighted by Gasteiger charge is 2.77. The summed E-state index contributed by atoms with van der Waals surface area (Å²) in [5, 5.41) is 9.80. The van der Waals surface area contributed by atoms with E-state index in [4.69, 9.17) is 27.6 Å². The molecular weight excluding hydrogens is 672 g/mol. The van der Waals surface area contributed by atoms with Gasteiger partial charge in [0.05, 0.1) is 23.4 Å². The van der Waals surface area contributed by atoms with Crippen LogP contribution < -0.4 is 4.90 Å². The third-order valence-corrected chi connectivity index (χ3v) is 12.6. The van der Waals surface area contributed by atoms with E-state index in [-0.39, 0.29) is 47.9 Å². The first kappa shape index (κ1) is 32.4. The number of alkyl halides is 2. The number of allylic oxidation sites excluding steroid dienone is 2. The molecule has 3 saturated heterocycles. The molecule has 6 atom stereocenters. The van der Waals surface area contributed by atoms with Crippen LogP contribution in [-0.4, -0.2) is 67.4 Å². The summed E-state index contributed by atoms with van der Waals surface area (Å²) in [7, 11) is 0. The van der Waals surface area contributed by atoms with Gasteiger partial charge in [-0.1, -0.05) is 42.0 Å². The largest absolute Gasteiger partial charge is 0.463 e. The molecule has 8 rings (SSSR count). The number of anilines is 1. The minimum Gasteiger partial charge on any atom is -0.463 e. The molecule has 49 heavy (non-hydrogen) atoms. The van der Waals surface area contributed by atoms with Crippen molar-refractivity contribution in [2.75, 3.05) is 18.0 Å². The number of fused-ring (bicyclic) bond motifs is 4. The standard InChI is InChI=1S/C37H34Cl2FN3O6/c38-36-18-28-26(11-12-27-30(28)33(46)42(32(27)45)24-14-16-41(17-15-24)19-21-4-2-1-3-5-21)31(29-13-10-25(20-44)49-29)37(36,39)35(48)43(34(36)47)23-8-6-22(40)7-9-23/h1-11,13,24,27-28,30-31,44H,12,14-20H2/t27-,28+,30-,31+,36+,37-/m0/s1. The molecule has 0 spiro atoms. The smallest absolute Gasteiger partial charge is 0.258 e. The molecule has 3 aliphatic heterocycles. The minimum absolute atomic E-state index is 0.104. The van der Waals surface area contributed by atoms with Crippen LogP contribution in [0.2, 0.25) is 0 Å². The third-order valence-electron chi connectivity index (χ3n) is 11.2. The number of halogens is 3. The van der Waals surface area contributed by atoms with Crippen LogP contribution in [0, 0.1) is 23.6 Å². The van der Waals surface area contributed by atoms with Crippen molar-refractivity contribution in [1.29, 1.82) is 0 Å². The molecule has 1 N–H and O–H groups in total. The van der Waals surface area contributed by atoms with E-state index in [0.29, 0.717) is 18.4 Å². The first-order valence-corrected chi connectivity index (χ1v) is 17.4. The van der Waals surface area contributed by atoms with Gasteiger partial charge in [-0.15, -0.1) is 23.2 Å². The summed E-state index contributed by atoms with van der Waals surface area (Å²) in [4.78, 5) is 57.7. The van der Waals surface area contributed by atoms with Gasteiger partial charge in [-0.2, -0.15) is 0 Å². The number of nitrogens with zero attached hydrogens (tertiary/aromatic N) is 3. The number of rotatable bonds is 6. The summed E-state index contributed by atoms with van der Waals surface area (Å²) in [6, 6.07) is 17.9. The molecular formula is C37H34Cl2FN3O6. The van der Waals surface area contributed by atoms with E-state index in [1.54, 1.807) is 12.1 Å². The monoisotopic (exact) mass is 705 g/mol. The quantitative estimate of drug-likeness (QED) is 0.215. The first-order valence-electron chi connectivity index (χ1n) is 16.6. The van der Waals surface area contributed by atoms with Crippen LogP contribution in [0.15, 0.2) is 82.8 Å². The van der Waals surface area contributed by atoms with Crippen molar-refractivity contribution in [3.05, 3.63) is 101 Å². The number of hydrogen-bond acceptors (Lipinski definition) is 7. The number of carbonyl (C=O) groups is 4. The van der Waals surface area contributed by atoms with Crippen molar-refractivity contribution in [3.8, 4) is 0 Å². The van der Waals surface area contributed by atoms with Crippen LogP contribution >= 0.6 is 23.2 Å². The predicted molar refractivity (Wildman–Crippen MR) is 178 cm³/mol. The van der Waals surface area contributed by atoms with E-state index in [2.05, 4.69) is 17.0 Å². The van der Waals surface area contributed by atoms with Crippen LogP contribution in [0.5, 0.6) is 0 Å². The summed E-state index contributed by atoms with van der Waals surface area (Å²) in [6.07, 6.45) is 3.24. The Morgan fingerprint density at radius 1 is 0.878 bits per heavy atom. The van der Waals surface area contributed by atoms with Gasteiger partial charge in [-0.25, -0.2) is 9.29 Å². The van der Waals surface area contributed by atoms with Gasteiger partial charge in [0.15, 0.2) is 9.75 Å². The number of aliphatic hydroxyl groups excluding tert-OH is 1. The lowest BCUT2D eigenvalue weighted by molar-refractivity contribution is -0.144. The maximum absolute atomic E-state index is 14.4. The molecule has 4 amide bonds. The van der Waals surface area contributed by atoms with Gasteiger partial charge < -0.3 is 9.52 Å². The number of aliphatic hydroxyl groups is 1. The molecule has 4 heterocycles. The molecule has 4 fully saturated rings. The van der Waals surface area contributed by atoms with Crippen LogP contribution in [0.25, 0.3) is 0 Å². The maximum Gasteiger partial charge on any atom is 0.258 e. The van der Waals surface area contributed by atoms with E-state index in [0.717, 1.165) is 36.7 Å². The number of imide groups is 2. The summed E-state index contributed by atoms with van der Waals surface area (Å²) in [5.41, 5.74) is 1.91. The molecule has 254 valence electrons. The number of benzene rings is 2. The average molecular weight is 707 g/mol. The lowest BCUT2D eigenvalue weighted by Crippen LogP contribution is -2.60. The fourth-order valence-electron chi connectivity index (χ4n) is 8.91. The molecule has 12 heteroatoms. The molecule has 0 radical (unpaired) electrons. The van der Waals surface area contributed by atoms with Crippen molar-refractivity contribution in [2.24, 2.45) is 17.8 Å². The number of likely N-dealkylation sites (tertiary alicyclic amines) is 2. The van der Waals surface area contributed by atoms with Crippen LogP contribution in [0.1, 0.15) is 48.7 Å². The average Bonchev–Trinajstić information content (AvgIpc) is 3.72. The Morgan fingerprint density at radius 2 is 1.59 bits per heavy atom. The van der Waals surface area contributed by atoms with Crippen LogP contribution in [0.3, 0.4) is 0 Å². The summed E-state index contributed by atoms with van der Waals surface area (Å²) in [6.45, 7) is 1.86. The SMILES string of the molecule is O=C1[C@H]2[C@H](CC=C3[C@H]2C[C@@]2(Cl)C(=O)N(c4ccc(F)cc4)C(=O)[C@@]2(Cl)[C@H]3c2ccc(CO)o2)C(=O)N1C1CCN(Cc2ccccc2)CC1. The van der Waals surface area contributed by atoms with Crippen molar-refractivity contribution < 1.29 is 33.1 Å². The molecule has 2 aliphatic carbocycles. The second kappa shape index (κ2) is 11.9. The third kappa shape index (κ3) is 4.78. The summed E-state index contributed by atoms with van der Waals surface area (Å²) < 4.78 is 19.8. The fourth-order valence-corrected chi connectivity index (χ4v) is 9.82. The molecule has 1 aromatic heterocycles. The maximum atomic E-state index is 14.4. The van der Waals surface area contributed by atoms with Crippen molar-refractivity contribution in [2.45, 2.75) is 60.5 Å². The Bertz CT molecular complexity index is 1880. The van der Waals surface area contributed by atoms with Gasteiger partial charge in [-0.05, 0) is 73.6 Å². The van der Waals surface area contributed by atoms with Gasteiger partial charge in [0.1, 0.15) is 23.9 Å². The number of carbonyl (C=O) groups excluding carboxylic acids is 4. The molecule has 3 aromatic rings. The number of piperidine rings is 1. The van der Waals surface area contributed by atoms with Crippen LogP contribution in [0.4, 0.5) is 10.1 Å². The number of amides is 4. The zero-order chi connectivity index (χ0) is 34.2. The normalized spacial score (nSPS) is 32.0. The minimum atomic E-state index is -2.09. The zero-order valence-corrected chi connectivity index (χ0v) is 27.9. The predicted octanol–water partition coefficient (Wildman–Crippen LogP) is 5.14. The second-order valence-corrected chi connectivity index (χ2v) is 15.0. The number of furan rings is 1. The molecule has 5 aliphatic rings. The Labute approximate surface area is 292 Å². The van der Waals surface area contributed by atoms with Crippen molar-refractivity contribution >= 4 is 52.5 Å². The van der Waals surface area contributed by atoms with Crippen molar-refractivity contribution in [1.82, 2.24) is 9.80 Å². The molecule has 0 bridgehead atoms. The van der Waals surface area contributed by atoms with Crippen LogP contribution in [-0.2, 0) is 32.3 Å². The van der Waals surface area contributed by atoms with E-state index < -0.39 is 57.7 Å². The molecule has 0 unspecified atom stereocenters. The lowest BCUT2D eigenvalue weighted by Gasteiger charge is -2.49. The van der Waals surface area contributed by atoms with Gasteiger partial charge >= 0.3 is 0 Å². The first-order chi connectivity index (χ1) is 23.6. The molecule has 1 saturated carbocycles.